The fourth-order valence-corrected chi connectivity index (χ4v) is 3.28. The molecule has 3 N–H and O–H groups in total. The topological polar surface area (TPSA) is 95.3 Å². The van der Waals surface area contributed by atoms with Crippen molar-refractivity contribution in [3.05, 3.63) is 32.6 Å². The molecule has 3 atom stereocenters. The molecule has 0 aromatic carbocycles. The summed E-state index contributed by atoms with van der Waals surface area (Å²) >= 11 is 1.42. The number of aromatic amines is 1. The van der Waals surface area contributed by atoms with Crippen LogP contribution < -0.4 is 11.2 Å². The van der Waals surface area contributed by atoms with Crippen molar-refractivity contribution in [2.24, 2.45) is 5.92 Å². The molecule has 0 aliphatic carbocycles. The van der Waals surface area contributed by atoms with Crippen LogP contribution in [-0.2, 0) is 0 Å². The lowest BCUT2D eigenvalue weighted by atomic mass is 10.0. The van der Waals surface area contributed by atoms with Gasteiger partial charge in [-0.1, -0.05) is 0 Å². The SMILES string of the molecule is Cc1cn([C@H]2S[C@@H](CO)[C@@H]2CO)c(=O)[nH]c1=O. The third-order valence-electron chi connectivity index (χ3n) is 2.97. The second-order valence-corrected chi connectivity index (χ2v) is 5.43. The largest absolute Gasteiger partial charge is 0.396 e. The van der Waals surface area contributed by atoms with Gasteiger partial charge in [0.25, 0.3) is 5.56 Å². The Morgan fingerprint density at radius 3 is 2.71 bits per heavy atom. The second kappa shape index (κ2) is 4.67. The summed E-state index contributed by atoms with van der Waals surface area (Å²) in [4.78, 5) is 25.1. The van der Waals surface area contributed by atoms with Gasteiger partial charge < -0.3 is 10.2 Å². The molecule has 7 heteroatoms. The molecule has 1 aliphatic rings. The number of rotatable bonds is 3. The summed E-state index contributed by atoms with van der Waals surface area (Å²) in [6.07, 6.45) is 1.50. The van der Waals surface area contributed by atoms with Crippen molar-refractivity contribution in [2.45, 2.75) is 17.5 Å². The van der Waals surface area contributed by atoms with E-state index in [1.807, 2.05) is 0 Å². The van der Waals surface area contributed by atoms with E-state index in [-0.39, 0.29) is 29.8 Å². The van der Waals surface area contributed by atoms with Crippen LogP contribution in [0.2, 0.25) is 0 Å². The van der Waals surface area contributed by atoms with Gasteiger partial charge in [-0.05, 0) is 6.92 Å². The van der Waals surface area contributed by atoms with Gasteiger partial charge in [0.2, 0.25) is 0 Å². The fraction of sp³-hybridized carbons (Fsp3) is 0.600. The number of hydrogen-bond donors (Lipinski definition) is 3. The smallest absolute Gasteiger partial charge is 0.329 e. The zero-order chi connectivity index (χ0) is 12.6. The van der Waals surface area contributed by atoms with Crippen LogP contribution in [0.15, 0.2) is 15.8 Å². The summed E-state index contributed by atoms with van der Waals surface area (Å²) in [7, 11) is 0. The molecule has 0 radical (unpaired) electrons. The van der Waals surface area contributed by atoms with Crippen LogP contribution in [0.1, 0.15) is 10.9 Å². The highest BCUT2D eigenvalue weighted by molar-refractivity contribution is 8.01. The minimum absolute atomic E-state index is 0.0243. The predicted octanol–water partition coefficient (Wildman–Crippen LogP) is -0.940. The number of H-pyrrole nitrogens is 1. The average Bonchev–Trinajstić information content (AvgIpc) is 2.25. The lowest BCUT2D eigenvalue weighted by Gasteiger charge is -2.42. The van der Waals surface area contributed by atoms with Crippen molar-refractivity contribution in [3.8, 4) is 0 Å². The molecule has 17 heavy (non-hydrogen) atoms. The van der Waals surface area contributed by atoms with Crippen LogP contribution in [0.4, 0.5) is 0 Å². The van der Waals surface area contributed by atoms with Gasteiger partial charge in [0.15, 0.2) is 0 Å². The number of hydrogen-bond acceptors (Lipinski definition) is 5. The van der Waals surface area contributed by atoms with Gasteiger partial charge in [-0.15, -0.1) is 11.8 Å². The number of thioether (sulfide) groups is 1. The summed E-state index contributed by atoms with van der Waals surface area (Å²) in [5.74, 6) is -0.159. The number of aliphatic hydroxyl groups excluding tert-OH is 2. The average molecular weight is 258 g/mol. The lowest BCUT2D eigenvalue weighted by Crippen LogP contribution is -2.46. The third kappa shape index (κ3) is 2.05. The van der Waals surface area contributed by atoms with Crippen LogP contribution in [0, 0.1) is 12.8 Å². The van der Waals surface area contributed by atoms with Crippen molar-refractivity contribution in [1.82, 2.24) is 9.55 Å². The van der Waals surface area contributed by atoms with E-state index in [0.29, 0.717) is 5.56 Å². The molecule has 0 unspecified atom stereocenters. The first kappa shape index (κ1) is 12.4. The van der Waals surface area contributed by atoms with E-state index in [2.05, 4.69) is 4.98 Å². The van der Waals surface area contributed by atoms with Gasteiger partial charge in [-0.3, -0.25) is 14.3 Å². The monoisotopic (exact) mass is 258 g/mol. The van der Waals surface area contributed by atoms with Crippen LogP contribution >= 0.6 is 11.8 Å². The number of aromatic nitrogens is 2. The van der Waals surface area contributed by atoms with Crippen molar-refractivity contribution >= 4 is 11.8 Å². The third-order valence-corrected chi connectivity index (χ3v) is 4.67. The van der Waals surface area contributed by atoms with Gasteiger partial charge in [-0.2, -0.15) is 0 Å². The maximum absolute atomic E-state index is 11.6. The molecule has 0 bridgehead atoms. The zero-order valence-corrected chi connectivity index (χ0v) is 10.1. The standard InChI is InChI=1S/C10H14N2O4S/c1-5-2-12(10(16)11-8(5)15)9-6(3-13)7(4-14)17-9/h2,6-7,9,13-14H,3-4H2,1H3,(H,11,15,16)/t6-,7-,9-/m0/s1. The summed E-state index contributed by atoms with van der Waals surface area (Å²) < 4.78 is 1.41. The summed E-state index contributed by atoms with van der Waals surface area (Å²) in [6.45, 7) is 1.51. The Kier molecular flexibility index (Phi) is 3.41. The van der Waals surface area contributed by atoms with E-state index >= 15 is 0 Å². The number of aryl methyl sites for hydroxylation is 1. The summed E-state index contributed by atoms with van der Waals surface area (Å²) in [6, 6.07) is 0. The highest BCUT2D eigenvalue weighted by Crippen LogP contribution is 2.49. The van der Waals surface area contributed by atoms with Gasteiger partial charge in [-0.25, -0.2) is 4.79 Å². The molecule has 1 aliphatic heterocycles. The van der Waals surface area contributed by atoms with Gasteiger partial charge >= 0.3 is 5.69 Å². The Bertz CT molecular complexity index is 524. The Hall–Kier alpha value is -1.05. The van der Waals surface area contributed by atoms with Crippen LogP contribution in [0.25, 0.3) is 0 Å². The van der Waals surface area contributed by atoms with E-state index in [1.165, 1.54) is 22.5 Å². The molecule has 1 fully saturated rings. The Labute approximate surface area is 101 Å². The molecule has 1 aromatic rings. The van der Waals surface area contributed by atoms with E-state index in [4.69, 9.17) is 5.11 Å². The molecule has 2 heterocycles. The zero-order valence-electron chi connectivity index (χ0n) is 9.29. The van der Waals surface area contributed by atoms with Gasteiger partial charge in [0, 0.05) is 29.5 Å². The normalized spacial score (nSPS) is 27.8. The van der Waals surface area contributed by atoms with Gasteiger partial charge in [0.05, 0.1) is 12.0 Å². The maximum atomic E-state index is 11.6. The number of aliphatic hydroxyl groups is 2. The van der Waals surface area contributed by atoms with E-state index in [9.17, 15) is 14.7 Å². The van der Waals surface area contributed by atoms with Crippen LogP contribution in [0.3, 0.4) is 0 Å². The highest BCUT2D eigenvalue weighted by atomic mass is 32.2. The molecule has 1 saturated heterocycles. The minimum atomic E-state index is -0.479. The van der Waals surface area contributed by atoms with E-state index in [1.54, 1.807) is 6.92 Å². The van der Waals surface area contributed by atoms with E-state index in [0.717, 1.165) is 0 Å². The quantitative estimate of drug-likeness (QED) is 0.650. The van der Waals surface area contributed by atoms with Crippen molar-refractivity contribution in [2.75, 3.05) is 13.2 Å². The molecule has 2 rings (SSSR count). The lowest BCUT2D eigenvalue weighted by molar-refractivity contribution is 0.155. The number of nitrogens with one attached hydrogen (secondary N) is 1. The Balaban J connectivity index is 2.33. The van der Waals surface area contributed by atoms with E-state index < -0.39 is 11.2 Å². The summed E-state index contributed by atoms with van der Waals surface area (Å²) in [5.41, 5.74) is -0.419. The molecule has 94 valence electrons. The fourth-order valence-electron chi connectivity index (χ4n) is 1.91. The maximum Gasteiger partial charge on any atom is 0.329 e. The highest BCUT2D eigenvalue weighted by Gasteiger charge is 2.42. The first-order valence-corrected chi connectivity index (χ1v) is 6.22. The first-order valence-electron chi connectivity index (χ1n) is 5.27. The minimum Gasteiger partial charge on any atom is -0.396 e. The Morgan fingerprint density at radius 1 is 1.41 bits per heavy atom. The van der Waals surface area contributed by atoms with Crippen LogP contribution in [-0.4, -0.2) is 38.2 Å². The molecular weight excluding hydrogens is 244 g/mol. The number of nitrogens with zero attached hydrogens (tertiary/aromatic N) is 1. The molecule has 0 spiro atoms. The molecule has 0 saturated carbocycles. The molecule has 1 aromatic heterocycles. The first-order chi connectivity index (χ1) is 8.08. The van der Waals surface area contributed by atoms with Gasteiger partial charge in [0.1, 0.15) is 0 Å². The van der Waals surface area contributed by atoms with Crippen molar-refractivity contribution in [3.63, 3.8) is 0 Å². The van der Waals surface area contributed by atoms with Crippen molar-refractivity contribution in [1.29, 1.82) is 0 Å². The summed E-state index contributed by atoms with van der Waals surface area (Å²) in [5, 5.41) is 18.0. The Morgan fingerprint density at radius 2 is 2.12 bits per heavy atom. The van der Waals surface area contributed by atoms with Crippen molar-refractivity contribution < 1.29 is 10.2 Å². The van der Waals surface area contributed by atoms with Crippen LogP contribution in [0.5, 0.6) is 0 Å². The molecule has 6 nitrogen and oxygen atoms in total. The molecule has 0 amide bonds. The second-order valence-electron chi connectivity index (χ2n) is 4.07. The predicted molar refractivity (Wildman–Crippen MR) is 64.1 cm³/mol. The molecular formula is C10H14N2O4S.